The number of phenolic OH excluding ortho intramolecular Hbond substituents is 1. The van der Waals surface area contributed by atoms with Crippen LogP contribution in [0.25, 0.3) is 0 Å². The normalized spacial score (nSPS) is 10.4. The van der Waals surface area contributed by atoms with Crippen molar-refractivity contribution in [3.05, 3.63) is 59.2 Å². The Balaban J connectivity index is 2.13. The number of nitrogens with zero attached hydrogens (tertiary/aromatic N) is 1. The third-order valence-electron chi connectivity index (χ3n) is 3.50. The fourth-order valence-electron chi connectivity index (χ4n) is 2.17. The number of hydrogen-bond donors (Lipinski definition) is 2. The molecule has 0 aliphatic heterocycles. The van der Waals surface area contributed by atoms with Gasteiger partial charge in [-0.25, -0.2) is 0 Å². The molecule has 3 N–H and O–H groups in total. The van der Waals surface area contributed by atoms with E-state index in [1.54, 1.807) is 30.1 Å². The molecule has 2 aromatic rings. The lowest BCUT2D eigenvalue weighted by Crippen LogP contribution is -2.26. The summed E-state index contributed by atoms with van der Waals surface area (Å²) in [4.78, 5) is 13.9. The number of aryl methyl sites for hydroxylation is 1. The highest BCUT2D eigenvalue weighted by Gasteiger charge is 2.17. The smallest absolute Gasteiger partial charge is 0.257 e. The van der Waals surface area contributed by atoms with Crippen molar-refractivity contribution in [2.24, 2.45) is 0 Å². The molecular weight excluding hydrogens is 264 g/mol. The topological polar surface area (TPSA) is 66.6 Å². The van der Waals surface area contributed by atoms with Crippen LogP contribution >= 0.6 is 0 Å². The number of hydrogen-bond acceptors (Lipinski definition) is 3. The predicted octanol–water partition coefficient (Wildman–Crippen LogP) is 2.81. The second-order valence-electron chi connectivity index (χ2n) is 5.07. The van der Waals surface area contributed by atoms with Crippen LogP contribution in [0.5, 0.6) is 5.75 Å². The van der Waals surface area contributed by atoms with E-state index in [0.717, 1.165) is 12.0 Å². The molecule has 0 aliphatic rings. The predicted molar refractivity (Wildman–Crippen MR) is 84.1 cm³/mol. The molecule has 1 amide bonds. The second-order valence-corrected chi connectivity index (χ2v) is 5.07. The lowest BCUT2D eigenvalue weighted by atomic mass is 10.1. The minimum atomic E-state index is -0.251. The Bertz CT molecular complexity index is 636. The van der Waals surface area contributed by atoms with Gasteiger partial charge in [0, 0.05) is 13.6 Å². The summed E-state index contributed by atoms with van der Waals surface area (Å²) < 4.78 is 0. The van der Waals surface area contributed by atoms with E-state index >= 15 is 0 Å². The minimum absolute atomic E-state index is 0.157. The maximum atomic E-state index is 12.4. The van der Waals surface area contributed by atoms with Gasteiger partial charge in [0.05, 0.1) is 11.3 Å². The molecule has 4 heteroatoms. The maximum Gasteiger partial charge on any atom is 0.257 e. The molecule has 0 fully saturated rings. The quantitative estimate of drug-likeness (QED) is 0.670. The zero-order chi connectivity index (χ0) is 15.4. The van der Waals surface area contributed by atoms with Crippen LogP contribution in [-0.2, 0) is 13.0 Å². The van der Waals surface area contributed by atoms with E-state index in [1.807, 2.05) is 12.1 Å². The van der Waals surface area contributed by atoms with Crippen LogP contribution in [-0.4, -0.2) is 23.0 Å². The summed E-state index contributed by atoms with van der Waals surface area (Å²) in [6.45, 7) is 2.59. The fraction of sp³-hybridized carbons (Fsp3) is 0.235. The summed E-state index contributed by atoms with van der Waals surface area (Å²) >= 11 is 0. The summed E-state index contributed by atoms with van der Waals surface area (Å²) in [5, 5.41) is 9.88. The Hall–Kier alpha value is -2.49. The largest absolute Gasteiger partial charge is 0.505 e. The van der Waals surface area contributed by atoms with Crippen LogP contribution in [0.2, 0.25) is 0 Å². The number of rotatable bonds is 4. The Morgan fingerprint density at radius 3 is 2.38 bits per heavy atom. The highest BCUT2D eigenvalue weighted by Crippen LogP contribution is 2.25. The minimum Gasteiger partial charge on any atom is -0.505 e. The van der Waals surface area contributed by atoms with Crippen LogP contribution < -0.4 is 5.73 Å². The van der Waals surface area contributed by atoms with Crippen molar-refractivity contribution >= 4 is 11.6 Å². The molecule has 0 radical (unpaired) electrons. The van der Waals surface area contributed by atoms with Crippen molar-refractivity contribution in [1.29, 1.82) is 0 Å². The zero-order valence-electron chi connectivity index (χ0n) is 12.3. The van der Waals surface area contributed by atoms with Gasteiger partial charge in [-0.2, -0.15) is 0 Å². The molecule has 2 aromatic carbocycles. The second kappa shape index (κ2) is 6.31. The van der Waals surface area contributed by atoms with E-state index < -0.39 is 0 Å². The molecule has 21 heavy (non-hydrogen) atoms. The molecule has 0 saturated heterocycles. The molecule has 0 atom stereocenters. The van der Waals surface area contributed by atoms with Crippen molar-refractivity contribution in [3.8, 4) is 5.75 Å². The van der Waals surface area contributed by atoms with Gasteiger partial charge in [-0.1, -0.05) is 37.3 Å². The fourth-order valence-corrected chi connectivity index (χ4v) is 2.17. The van der Waals surface area contributed by atoms with Crippen molar-refractivity contribution < 1.29 is 9.90 Å². The van der Waals surface area contributed by atoms with Gasteiger partial charge in [0.15, 0.2) is 5.75 Å². The Morgan fingerprint density at radius 1 is 1.14 bits per heavy atom. The summed E-state index contributed by atoms with van der Waals surface area (Å²) in [5.41, 5.74) is 8.37. The molecule has 0 spiro atoms. The zero-order valence-corrected chi connectivity index (χ0v) is 12.3. The number of carbonyl (C=O) groups is 1. The lowest BCUT2D eigenvalue weighted by molar-refractivity contribution is 0.0782. The highest BCUT2D eigenvalue weighted by molar-refractivity contribution is 5.98. The molecule has 0 aromatic heterocycles. The van der Waals surface area contributed by atoms with Crippen molar-refractivity contribution in [2.75, 3.05) is 12.8 Å². The van der Waals surface area contributed by atoms with Gasteiger partial charge in [0.1, 0.15) is 0 Å². The van der Waals surface area contributed by atoms with Crippen molar-refractivity contribution in [3.63, 3.8) is 0 Å². The molecular formula is C17H20N2O2. The maximum absolute atomic E-state index is 12.4. The average Bonchev–Trinajstić information content (AvgIpc) is 2.50. The molecule has 0 bridgehead atoms. The first kappa shape index (κ1) is 14.9. The van der Waals surface area contributed by atoms with E-state index in [4.69, 9.17) is 5.73 Å². The Kier molecular flexibility index (Phi) is 4.48. The number of nitrogens with two attached hydrogens (primary N) is 1. The number of para-hydroxylation sites is 1. The molecule has 110 valence electrons. The summed E-state index contributed by atoms with van der Waals surface area (Å²) in [7, 11) is 1.71. The molecule has 0 unspecified atom stereocenters. The number of anilines is 1. The first-order valence-electron chi connectivity index (χ1n) is 6.93. The standard InChI is InChI=1S/C17H20N2O2/c1-3-12-7-9-13(10-8-12)11-19(2)17(21)14-5-4-6-15(18)16(14)20/h4-10,20H,3,11,18H2,1-2H3. The third kappa shape index (κ3) is 3.34. The van der Waals surface area contributed by atoms with Crippen LogP contribution in [0.4, 0.5) is 5.69 Å². The monoisotopic (exact) mass is 284 g/mol. The van der Waals surface area contributed by atoms with Crippen LogP contribution in [0.3, 0.4) is 0 Å². The molecule has 4 nitrogen and oxygen atoms in total. The lowest BCUT2D eigenvalue weighted by Gasteiger charge is -2.18. The number of amides is 1. The number of benzene rings is 2. The molecule has 0 heterocycles. The van der Waals surface area contributed by atoms with E-state index in [-0.39, 0.29) is 22.9 Å². The van der Waals surface area contributed by atoms with Gasteiger partial charge in [-0.15, -0.1) is 0 Å². The van der Waals surface area contributed by atoms with E-state index in [9.17, 15) is 9.90 Å². The van der Waals surface area contributed by atoms with E-state index in [1.165, 1.54) is 5.56 Å². The Labute approximate surface area is 124 Å². The number of carbonyl (C=O) groups excluding carboxylic acids is 1. The SMILES string of the molecule is CCc1ccc(CN(C)C(=O)c2cccc(N)c2O)cc1. The van der Waals surface area contributed by atoms with Gasteiger partial charge in [-0.3, -0.25) is 4.79 Å². The summed E-state index contributed by atoms with van der Waals surface area (Å²) in [5.74, 6) is -0.407. The van der Waals surface area contributed by atoms with Gasteiger partial charge < -0.3 is 15.7 Å². The summed E-state index contributed by atoms with van der Waals surface area (Å²) in [6, 6.07) is 13.0. The van der Waals surface area contributed by atoms with Crippen LogP contribution in [0, 0.1) is 0 Å². The number of aromatic hydroxyl groups is 1. The Morgan fingerprint density at radius 2 is 1.76 bits per heavy atom. The first-order chi connectivity index (χ1) is 10.0. The van der Waals surface area contributed by atoms with Crippen LogP contribution in [0.15, 0.2) is 42.5 Å². The van der Waals surface area contributed by atoms with Gasteiger partial charge in [0.25, 0.3) is 5.91 Å². The molecule has 0 aliphatic carbocycles. The highest BCUT2D eigenvalue weighted by atomic mass is 16.3. The number of nitrogen functional groups attached to an aromatic ring is 1. The van der Waals surface area contributed by atoms with Gasteiger partial charge in [-0.05, 0) is 29.7 Å². The van der Waals surface area contributed by atoms with Crippen molar-refractivity contribution in [1.82, 2.24) is 4.90 Å². The van der Waals surface area contributed by atoms with Gasteiger partial charge in [0.2, 0.25) is 0 Å². The molecule has 0 saturated carbocycles. The summed E-state index contributed by atoms with van der Waals surface area (Å²) in [6.07, 6.45) is 0.992. The van der Waals surface area contributed by atoms with Crippen molar-refractivity contribution in [2.45, 2.75) is 19.9 Å². The molecule has 2 rings (SSSR count). The van der Waals surface area contributed by atoms with E-state index in [0.29, 0.717) is 6.54 Å². The van der Waals surface area contributed by atoms with Crippen LogP contribution in [0.1, 0.15) is 28.4 Å². The average molecular weight is 284 g/mol. The number of phenols is 1. The van der Waals surface area contributed by atoms with E-state index in [2.05, 4.69) is 19.1 Å². The first-order valence-corrected chi connectivity index (χ1v) is 6.93. The third-order valence-corrected chi connectivity index (χ3v) is 3.50. The van der Waals surface area contributed by atoms with Gasteiger partial charge >= 0.3 is 0 Å².